The highest BCUT2D eigenvalue weighted by atomic mass is 32.2. The van der Waals surface area contributed by atoms with Crippen molar-refractivity contribution in [2.45, 2.75) is 24.3 Å². The molecule has 21 heavy (non-hydrogen) atoms. The molecule has 0 aliphatic carbocycles. The Kier molecular flexibility index (Phi) is 4.46. The van der Waals surface area contributed by atoms with Gasteiger partial charge in [-0.05, 0) is 31.5 Å². The molecule has 5 heteroatoms. The molecule has 0 saturated heterocycles. The fraction of sp³-hybridized carbons (Fsp3) is 0.250. The Labute approximate surface area is 125 Å². The Balaban J connectivity index is 2.13. The van der Waals surface area contributed by atoms with Crippen LogP contribution in [0.1, 0.15) is 18.1 Å². The zero-order chi connectivity index (χ0) is 15.5. The number of rotatable bonds is 5. The Morgan fingerprint density at radius 3 is 2.19 bits per heavy atom. The third kappa shape index (κ3) is 3.91. The smallest absolute Gasteiger partial charge is 0.240 e. The van der Waals surface area contributed by atoms with Crippen molar-refractivity contribution in [3.05, 3.63) is 65.7 Å². The molecule has 2 N–H and O–H groups in total. The van der Waals surface area contributed by atoms with Crippen molar-refractivity contribution in [2.24, 2.45) is 0 Å². The Hall–Kier alpha value is -1.69. The number of sulfonamides is 1. The first-order valence-electron chi connectivity index (χ1n) is 6.65. The summed E-state index contributed by atoms with van der Waals surface area (Å²) in [7, 11) is -3.63. The summed E-state index contributed by atoms with van der Waals surface area (Å²) in [6.07, 6.45) is 0. The molecular weight excluding hydrogens is 286 g/mol. The van der Waals surface area contributed by atoms with Crippen LogP contribution in [0.15, 0.2) is 59.5 Å². The van der Waals surface area contributed by atoms with Gasteiger partial charge in [0.1, 0.15) is 5.60 Å². The van der Waals surface area contributed by atoms with Crippen LogP contribution in [0, 0.1) is 6.92 Å². The molecule has 1 atom stereocenters. The Morgan fingerprint density at radius 1 is 1.05 bits per heavy atom. The Bertz CT molecular complexity index is 692. The molecule has 0 heterocycles. The van der Waals surface area contributed by atoms with Gasteiger partial charge >= 0.3 is 0 Å². The van der Waals surface area contributed by atoms with Crippen LogP contribution in [0.2, 0.25) is 0 Å². The molecule has 0 bridgehead atoms. The average Bonchev–Trinajstić information content (AvgIpc) is 2.47. The number of nitrogens with one attached hydrogen (secondary N) is 1. The summed E-state index contributed by atoms with van der Waals surface area (Å²) in [5, 5.41) is 10.4. The van der Waals surface area contributed by atoms with Gasteiger partial charge < -0.3 is 5.11 Å². The molecule has 0 aliphatic rings. The maximum absolute atomic E-state index is 12.2. The molecule has 0 aromatic heterocycles. The molecule has 112 valence electrons. The second-order valence-corrected chi connectivity index (χ2v) is 7.04. The van der Waals surface area contributed by atoms with Crippen LogP contribution >= 0.6 is 0 Å². The Morgan fingerprint density at radius 2 is 1.62 bits per heavy atom. The highest BCUT2D eigenvalue weighted by Crippen LogP contribution is 2.20. The van der Waals surface area contributed by atoms with Crippen molar-refractivity contribution in [1.82, 2.24) is 4.72 Å². The van der Waals surface area contributed by atoms with Crippen LogP contribution in [-0.2, 0) is 15.6 Å². The van der Waals surface area contributed by atoms with Crippen LogP contribution < -0.4 is 4.72 Å². The highest BCUT2D eigenvalue weighted by molar-refractivity contribution is 7.89. The van der Waals surface area contributed by atoms with Crippen LogP contribution in [-0.4, -0.2) is 20.1 Å². The summed E-state index contributed by atoms with van der Waals surface area (Å²) in [6.45, 7) is 3.39. The fourth-order valence-corrected chi connectivity index (χ4v) is 3.07. The number of hydrogen-bond donors (Lipinski definition) is 2. The van der Waals surface area contributed by atoms with Gasteiger partial charge in [0.15, 0.2) is 0 Å². The zero-order valence-corrected chi connectivity index (χ0v) is 12.9. The SMILES string of the molecule is Cc1ccc(S(=O)(=O)NC[C@](C)(O)c2ccccc2)cc1. The summed E-state index contributed by atoms with van der Waals surface area (Å²) in [4.78, 5) is 0.192. The van der Waals surface area contributed by atoms with E-state index in [1.165, 1.54) is 0 Å². The second-order valence-electron chi connectivity index (χ2n) is 5.28. The summed E-state index contributed by atoms with van der Waals surface area (Å²) in [5.41, 5.74) is 0.390. The van der Waals surface area contributed by atoms with Crippen LogP contribution in [0.25, 0.3) is 0 Å². The van der Waals surface area contributed by atoms with Crippen molar-refractivity contribution in [3.63, 3.8) is 0 Å². The summed E-state index contributed by atoms with van der Waals surface area (Å²) in [6, 6.07) is 15.6. The summed E-state index contributed by atoms with van der Waals surface area (Å²) >= 11 is 0. The third-order valence-corrected chi connectivity index (χ3v) is 4.75. The second kappa shape index (κ2) is 5.97. The van der Waals surface area contributed by atoms with Crippen LogP contribution in [0.4, 0.5) is 0 Å². The van der Waals surface area contributed by atoms with E-state index in [-0.39, 0.29) is 11.4 Å². The average molecular weight is 305 g/mol. The zero-order valence-electron chi connectivity index (χ0n) is 12.1. The van der Waals surface area contributed by atoms with Gasteiger partial charge in [-0.15, -0.1) is 0 Å². The minimum absolute atomic E-state index is 0.0901. The van der Waals surface area contributed by atoms with E-state index in [0.717, 1.165) is 5.56 Å². The van der Waals surface area contributed by atoms with E-state index in [0.29, 0.717) is 5.56 Å². The first-order chi connectivity index (χ1) is 9.81. The van der Waals surface area contributed by atoms with Crippen molar-refractivity contribution in [3.8, 4) is 0 Å². The predicted octanol–water partition coefficient (Wildman–Crippen LogP) is 2.18. The van der Waals surface area contributed by atoms with E-state index in [1.807, 2.05) is 13.0 Å². The van der Waals surface area contributed by atoms with Gasteiger partial charge in [-0.2, -0.15) is 0 Å². The van der Waals surface area contributed by atoms with Gasteiger partial charge in [0, 0.05) is 6.54 Å². The first kappa shape index (κ1) is 15.7. The molecule has 4 nitrogen and oxygen atoms in total. The molecule has 0 spiro atoms. The molecule has 0 aliphatic heterocycles. The maximum atomic E-state index is 12.2. The fourth-order valence-electron chi connectivity index (χ4n) is 1.94. The summed E-state index contributed by atoms with van der Waals surface area (Å²) in [5.74, 6) is 0. The number of aryl methyl sites for hydroxylation is 1. The molecule has 2 aromatic carbocycles. The monoisotopic (exact) mass is 305 g/mol. The number of hydrogen-bond acceptors (Lipinski definition) is 3. The topological polar surface area (TPSA) is 66.4 Å². The standard InChI is InChI=1S/C16H19NO3S/c1-13-8-10-15(11-9-13)21(19,20)17-12-16(2,18)14-6-4-3-5-7-14/h3-11,17-18H,12H2,1-2H3/t16-/m0/s1. The molecule has 2 aromatic rings. The van der Waals surface area contributed by atoms with Gasteiger partial charge in [0.05, 0.1) is 4.90 Å². The number of aliphatic hydroxyl groups is 1. The molecule has 0 fully saturated rings. The van der Waals surface area contributed by atoms with Crippen LogP contribution in [0.5, 0.6) is 0 Å². The molecule has 0 saturated carbocycles. The molecular formula is C16H19NO3S. The van der Waals surface area contributed by atoms with Gasteiger partial charge in [-0.1, -0.05) is 48.0 Å². The lowest BCUT2D eigenvalue weighted by molar-refractivity contribution is 0.0627. The van der Waals surface area contributed by atoms with Crippen molar-refractivity contribution in [2.75, 3.05) is 6.54 Å². The lowest BCUT2D eigenvalue weighted by atomic mass is 9.97. The van der Waals surface area contributed by atoms with Gasteiger partial charge in [-0.25, -0.2) is 13.1 Å². The third-order valence-electron chi connectivity index (χ3n) is 3.33. The van der Waals surface area contributed by atoms with E-state index in [9.17, 15) is 13.5 Å². The number of benzene rings is 2. The van der Waals surface area contributed by atoms with E-state index in [1.54, 1.807) is 55.5 Å². The lowest BCUT2D eigenvalue weighted by Crippen LogP contribution is -2.38. The normalized spacial score (nSPS) is 14.6. The van der Waals surface area contributed by atoms with Crippen molar-refractivity contribution < 1.29 is 13.5 Å². The molecule has 0 radical (unpaired) electrons. The van der Waals surface area contributed by atoms with E-state index in [4.69, 9.17) is 0 Å². The molecule has 0 amide bonds. The molecule has 2 rings (SSSR count). The first-order valence-corrected chi connectivity index (χ1v) is 8.14. The van der Waals surface area contributed by atoms with Crippen molar-refractivity contribution >= 4 is 10.0 Å². The van der Waals surface area contributed by atoms with Gasteiger partial charge in [0.2, 0.25) is 10.0 Å². The highest BCUT2D eigenvalue weighted by Gasteiger charge is 2.25. The van der Waals surface area contributed by atoms with E-state index >= 15 is 0 Å². The van der Waals surface area contributed by atoms with Gasteiger partial charge in [-0.3, -0.25) is 0 Å². The van der Waals surface area contributed by atoms with Gasteiger partial charge in [0.25, 0.3) is 0 Å². The van der Waals surface area contributed by atoms with Crippen molar-refractivity contribution in [1.29, 1.82) is 0 Å². The minimum atomic E-state index is -3.63. The largest absolute Gasteiger partial charge is 0.384 e. The van der Waals surface area contributed by atoms with E-state index < -0.39 is 15.6 Å². The van der Waals surface area contributed by atoms with Crippen LogP contribution in [0.3, 0.4) is 0 Å². The quantitative estimate of drug-likeness (QED) is 0.890. The molecule has 0 unspecified atom stereocenters. The lowest BCUT2D eigenvalue weighted by Gasteiger charge is -2.24. The maximum Gasteiger partial charge on any atom is 0.240 e. The minimum Gasteiger partial charge on any atom is -0.384 e. The summed E-state index contributed by atoms with van der Waals surface area (Å²) < 4.78 is 26.9. The predicted molar refractivity (Wildman–Crippen MR) is 82.4 cm³/mol. The van der Waals surface area contributed by atoms with E-state index in [2.05, 4.69) is 4.72 Å².